The lowest BCUT2D eigenvalue weighted by Crippen LogP contribution is -2.45. The molecule has 0 radical (unpaired) electrons. The molecule has 110 valence electrons. The predicted molar refractivity (Wildman–Crippen MR) is 84.8 cm³/mol. The lowest BCUT2D eigenvalue weighted by Gasteiger charge is -2.28. The smallest absolute Gasteiger partial charge is 0.0236 e. The highest BCUT2D eigenvalue weighted by Crippen LogP contribution is 2.23. The topological polar surface area (TPSA) is 24.1 Å². The maximum Gasteiger partial charge on any atom is 0.0236 e. The fraction of sp³-hybridized carbons (Fsp3) is 0.667. The first-order valence-electron chi connectivity index (χ1n) is 8.35. The number of rotatable bonds is 3. The standard InChI is InChI=1S/C18H28N2/c1-14-5-4-8-17(10-9-14)20-13-18-11-15-6-2-3-7-16(15)12-19-18/h2-3,6-7,14,17-20H,4-5,8-13H2,1H3. The van der Waals surface area contributed by atoms with Gasteiger partial charge in [0.15, 0.2) is 0 Å². The molecule has 0 bridgehead atoms. The van der Waals surface area contributed by atoms with Gasteiger partial charge in [0, 0.05) is 25.2 Å². The number of nitrogens with one attached hydrogen (secondary N) is 2. The Labute approximate surface area is 123 Å². The summed E-state index contributed by atoms with van der Waals surface area (Å²) >= 11 is 0. The summed E-state index contributed by atoms with van der Waals surface area (Å²) in [7, 11) is 0. The van der Waals surface area contributed by atoms with E-state index in [1.165, 1.54) is 49.7 Å². The van der Waals surface area contributed by atoms with Gasteiger partial charge in [-0.25, -0.2) is 0 Å². The molecule has 3 unspecified atom stereocenters. The van der Waals surface area contributed by atoms with Crippen LogP contribution in [0, 0.1) is 5.92 Å². The van der Waals surface area contributed by atoms with Gasteiger partial charge in [0.25, 0.3) is 0 Å². The van der Waals surface area contributed by atoms with Crippen LogP contribution in [0.3, 0.4) is 0 Å². The van der Waals surface area contributed by atoms with Crippen LogP contribution in [0.15, 0.2) is 24.3 Å². The average molecular weight is 272 g/mol. The highest BCUT2D eigenvalue weighted by molar-refractivity contribution is 5.29. The van der Waals surface area contributed by atoms with Crippen LogP contribution in [0.2, 0.25) is 0 Å². The van der Waals surface area contributed by atoms with Crippen LogP contribution in [0.25, 0.3) is 0 Å². The van der Waals surface area contributed by atoms with Gasteiger partial charge in [-0.2, -0.15) is 0 Å². The third-order valence-corrected chi connectivity index (χ3v) is 5.08. The van der Waals surface area contributed by atoms with Gasteiger partial charge in [-0.05, 0) is 42.7 Å². The van der Waals surface area contributed by atoms with Crippen LogP contribution >= 0.6 is 0 Å². The molecule has 1 aromatic rings. The van der Waals surface area contributed by atoms with Crippen LogP contribution in [-0.4, -0.2) is 18.6 Å². The second kappa shape index (κ2) is 6.73. The molecular weight excluding hydrogens is 244 g/mol. The van der Waals surface area contributed by atoms with Crippen molar-refractivity contribution >= 4 is 0 Å². The first kappa shape index (κ1) is 14.1. The number of benzene rings is 1. The van der Waals surface area contributed by atoms with Crippen molar-refractivity contribution in [2.24, 2.45) is 5.92 Å². The van der Waals surface area contributed by atoms with Gasteiger partial charge in [0.05, 0.1) is 0 Å². The third kappa shape index (κ3) is 3.62. The minimum atomic E-state index is 0.602. The normalized spacial score (nSPS) is 30.6. The van der Waals surface area contributed by atoms with Gasteiger partial charge >= 0.3 is 0 Å². The predicted octanol–water partition coefficient (Wildman–Crippen LogP) is 3.26. The molecule has 3 atom stereocenters. The maximum absolute atomic E-state index is 3.82. The molecular formula is C18H28N2. The molecule has 0 aromatic heterocycles. The Balaban J connectivity index is 1.48. The summed E-state index contributed by atoms with van der Waals surface area (Å²) in [6.07, 6.45) is 8.13. The van der Waals surface area contributed by atoms with Crippen molar-refractivity contribution in [1.82, 2.24) is 10.6 Å². The van der Waals surface area contributed by atoms with Gasteiger partial charge in [0.1, 0.15) is 0 Å². The molecule has 1 aliphatic carbocycles. The summed E-state index contributed by atoms with van der Waals surface area (Å²) in [5, 5.41) is 7.50. The van der Waals surface area contributed by atoms with E-state index >= 15 is 0 Å². The molecule has 3 rings (SSSR count). The molecule has 1 aromatic carbocycles. The quantitative estimate of drug-likeness (QED) is 0.825. The molecule has 2 nitrogen and oxygen atoms in total. The highest BCUT2D eigenvalue weighted by atomic mass is 15.0. The fourth-order valence-corrected chi connectivity index (χ4v) is 3.67. The third-order valence-electron chi connectivity index (χ3n) is 5.08. The van der Waals surface area contributed by atoms with Gasteiger partial charge < -0.3 is 10.6 Å². The lowest BCUT2D eigenvalue weighted by molar-refractivity contribution is 0.388. The van der Waals surface area contributed by atoms with Crippen molar-refractivity contribution in [1.29, 1.82) is 0 Å². The monoisotopic (exact) mass is 272 g/mol. The van der Waals surface area contributed by atoms with Gasteiger partial charge in [-0.15, -0.1) is 0 Å². The van der Waals surface area contributed by atoms with Gasteiger partial charge in [-0.3, -0.25) is 0 Å². The van der Waals surface area contributed by atoms with E-state index in [-0.39, 0.29) is 0 Å². The molecule has 0 spiro atoms. The lowest BCUT2D eigenvalue weighted by atomic mass is 9.95. The van der Waals surface area contributed by atoms with E-state index in [0.717, 1.165) is 25.0 Å². The Bertz CT molecular complexity index is 429. The van der Waals surface area contributed by atoms with Crippen LogP contribution < -0.4 is 10.6 Å². The molecule has 2 aliphatic rings. The highest BCUT2D eigenvalue weighted by Gasteiger charge is 2.20. The number of fused-ring (bicyclic) bond motifs is 1. The molecule has 1 fully saturated rings. The zero-order valence-electron chi connectivity index (χ0n) is 12.7. The summed E-state index contributed by atoms with van der Waals surface area (Å²) in [6.45, 7) is 4.56. The molecule has 1 saturated carbocycles. The van der Waals surface area contributed by atoms with E-state index in [1.54, 1.807) is 0 Å². The molecule has 2 heteroatoms. The Morgan fingerprint density at radius 2 is 1.95 bits per heavy atom. The molecule has 2 N–H and O–H groups in total. The molecule has 1 heterocycles. The summed E-state index contributed by atoms with van der Waals surface area (Å²) in [4.78, 5) is 0. The van der Waals surface area contributed by atoms with E-state index < -0.39 is 0 Å². The van der Waals surface area contributed by atoms with Crippen molar-refractivity contribution in [3.8, 4) is 0 Å². The summed E-state index contributed by atoms with van der Waals surface area (Å²) in [6, 6.07) is 10.2. The SMILES string of the molecule is CC1CCCC(NCC2Cc3ccccc3CN2)CC1. The summed E-state index contributed by atoms with van der Waals surface area (Å²) in [5.74, 6) is 0.932. The number of hydrogen-bond donors (Lipinski definition) is 2. The minimum absolute atomic E-state index is 0.602. The van der Waals surface area contributed by atoms with Crippen LogP contribution in [-0.2, 0) is 13.0 Å². The van der Waals surface area contributed by atoms with E-state index in [0.29, 0.717) is 6.04 Å². The van der Waals surface area contributed by atoms with Crippen molar-refractivity contribution < 1.29 is 0 Å². The zero-order chi connectivity index (χ0) is 13.8. The zero-order valence-corrected chi connectivity index (χ0v) is 12.7. The van der Waals surface area contributed by atoms with Crippen molar-refractivity contribution in [2.45, 2.75) is 64.1 Å². The minimum Gasteiger partial charge on any atom is -0.312 e. The van der Waals surface area contributed by atoms with Gasteiger partial charge in [-0.1, -0.05) is 44.0 Å². The molecule has 20 heavy (non-hydrogen) atoms. The van der Waals surface area contributed by atoms with Crippen LogP contribution in [0.4, 0.5) is 0 Å². The van der Waals surface area contributed by atoms with Crippen LogP contribution in [0.5, 0.6) is 0 Å². The van der Waals surface area contributed by atoms with E-state index in [2.05, 4.69) is 41.8 Å². The maximum atomic E-state index is 3.82. The van der Waals surface area contributed by atoms with E-state index in [1.807, 2.05) is 0 Å². The molecule has 1 aliphatic heterocycles. The molecule has 0 amide bonds. The van der Waals surface area contributed by atoms with Crippen molar-refractivity contribution in [2.75, 3.05) is 6.54 Å². The second-order valence-corrected chi connectivity index (χ2v) is 6.77. The second-order valence-electron chi connectivity index (χ2n) is 6.77. The van der Waals surface area contributed by atoms with E-state index in [9.17, 15) is 0 Å². The van der Waals surface area contributed by atoms with Crippen molar-refractivity contribution in [3.63, 3.8) is 0 Å². The Kier molecular flexibility index (Phi) is 4.74. The first-order valence-corrected chi connectivity index (χ1v) is 8.35. The Morgan fingerprint density at radius 1 is 1.10 bits per heavy atom. The largest absolute Gasteiger partial charge is 0.312 e. The Hall–Kier alpha value is -0.860. The van der Waals surface area contributed by atoms with Crippen molar-refractivity contribution in [3.05, 3.63) is 35.4 Å². The summed E-state index contributed by atoms with van der Waals surface area (Å²) in [5.41, 5.74) is 3.01. The average Bonchev–Trinajstić information content (AvgIpc) is 2.69. The first-order chi connectivity index (χ1) is 9.81. The Morgan fingerprint density at radius 3 is 2.85 bits per heavy atom. The number of hydrogen-bond acceptors (Lipinski definition) is 2. The fourth-order valence-electron chi connectivity index (χ4n) is 3.67. The van der Waals surface area contributed by atoms with E-state index in [4.69, 9.17) is 0 Å². The molecule has 0 saturated heterocycles. The summed E-state index contributed by atoms with van der Waals surface area (Å²) < 4.78 is 0. The van der Waals surface area contributed by atoms with Gasteiger partial charge in [0.2, 0.25) is 0 Å². The van der Waals surface area contributed by atoms with Crippen LogP contribution in [0.1, 0.15) is 50.2 Å².